The maximum absolute atomic E-state index is 12.9. The zero-order chi connectivity index (χ0) is 14.8. The van der Waals surface area contributed by atoms with Crippen LogP contribution in [0.15, 0.2) is 41.6 Å². The Labute approximate surface area is 120 Å². The van der Waals surface area contributed by atoms with Crippen LogP contribution in [0.3, 0.4) is 0 Å². The van der Waals surface area contributed by atoms with E-state index >= 15 is 0 Å². The number of pyridine rings is 1. The monoisotopic (exact) mass is 316 g/mol. The third-order valence-corrected chi connectivity index (χ3v) is 4.02. The van der Waals surface area contributed by atoms with Crippen LogP contribution in [-0.2, 0) is 16.6 Å². The van der Waals surface area contributed by atoms with Gasteiger partial charge in [0.1, 0.15) is 5.82 Å². The van der Waals surface area contributed by atoms with Gasteiger partial charge in [0.15, 0.2) is 5.03 Å². The highest BCUT2D eigenvalue weighted by atomic mass is 35.5. The molecule has 0 radical (unpaired) electrons. The number of nitrogens with one attached hydrogen (secondary N) is 1. The highest BCUT2D eigenvalue weighted by molar-refractivity contribution is 7.92. The molecular weight excluding hydrogens is 307 g/mol. The van der Waals surface area contributed by atoms with Crippen LogP contribution in [0.4, 0.5) is 10.1 Å². The Morgan fingerprint density at radius 3 is 2.60 bits per heavy atom. The molecule has 106 valence electrons. The average molecular weight is 317 g/mol. The first-order chi connectivity index (χ1) is 9.42. The van der Waals surface area contributed by atoms with E-state index in [9.17, 15) is 12.8 Å². The second-order valence-electron chi connectivity index (χ2n) is 3.89. The number of rotatable bonds is 4. The van der Waals surface area contributed by atoms with Crippen molar-refractivity contribution in [2.75, 3.05) is 4.72 Å². The number of aliphatic hydroxyl groups excluding tert-OH is 1. The van der Waals surface area contributed by atoms with E-state index in [0.717, 1.165) is 12.1 Å². The van der Waals surface area contributed by atoms with Gasteiger partial charge in [0.25, 0.3) is 10.0 Å². The highest BCUT2D eigenvalue weighted by Gasteiger charge is 2.17. The molecule has 0 atom stereocenters. The van der Waals surface area contributed by atoms with Crippen molar-refractivity contribution < 1.29 is 17.9 Å². The Morgan fingerprint density at radius 1 is 1.30 bits per heavy atom. The zero-order valence-electron chi connectivity index (χ0n) is 10.0. The first-order valence-electron chi connectivity index (χ1n) is 5.46. The molecule has 0 saturated carbocycles. The van der Waals surface area contributed by atoms with Crippen LogP contribution in [0.5, 0.6) is 0 Å². The van der Waals surface area contributed by atoms with Gasteiger partial charge in [-0.25, -0.2) is 9.37 Å². The van der Waals surface area contributed by atoms with Crippen LogP contribution in [0.25, 0.3) is 0 Å². The molecule has 0 aliphatic heterocycles. The fourth-order valence-corrected chi connectivity index (χ4v) is 2.71. The number of aliphatic hydroxyl groups is 1. The minimum atomic E-state index is -3.92. The predicted octanol–water partition coefficient (Wildman–Crippen LogP) is 2.17. The van der Waals surface area contributed by atoms with E-state index in [1.54, 1.807) is 0 Å². The summed E-state index contributed by atoms with van der Waals surface area (Å²) < 4.78 is 39.2. The highest BCUT2D eigenvalue weighted by Crippen LogP contribution is 2.24. The molecule has 0 saturated heterocycles. The maximum Gasteiger partial charge on any atom is 0.279 e. The molecule has 0 aliphatic rings. The molecule has 0 bridgehead atoms. The first kappa shape index (κ1) is 14.7. The first-order valence-corrected chi connectivity index (χ1v) is 7.32. The number of benzene rings is 1. The van der Waals surface area contributed by atoms with Crippen molar-refractivity contribution in [1.29, 1.82) is 0 Å². The van der Waals surface area contributed by atoms with E-state index < -0.39 is 15.8 Å². The van der Waals surface area contributed by atoms with Crippen LogP contribution in [0.2, 0.25) is 5.02 Å². The minimum absolute atomic E-state index is 0.0550. The summed E-state index contributed by atoms with van der Waals surface area (Å²) >= 11 is 5.75. The largest absolute Gasteiger partial charge is 0.392 e. The van der Waals surface area contributed by atoms with Gasteiger partial charge in [-0.1, -0.05) is 17.7 Å². The molecule has 0 unspecified atom stereocenters. The van der Waals surface area contributed by atoms with Crippen LogP contribution < -0.4 is 4.72 Å². The molecule has 1 aromatic heterocycles. The van der Waals surface area contributed by atoms with Crippen molar-refractivity contribution in [2.45, 2.75) is 11.6 Å². The van der Waals surface area contributed by atoms with Gasteiger partial charge in [-0.2, -0.15) is 8.42 Å². The molecule has 20 heavy (non-hydrogen) atoms. The van der Waals surface area contributed by atoms with Crippen LogP contribution in [-0.4, -0.2) is 18.5 Å². The van der Waals surface area contributed by atoms with Gasteiger partial charge in [0, 0.05) is 6.20 Å². The molecule has 2 rings (SSSR count). The minimum Gasteiger partial charge on any atom is -0.392 e. The van der Waals surface area contributed by atoms with Gasteiger partial charge in [-0.15, -0.1) is 0 Å². The molecule has 2 N–H and O–H groups in total. The Hall–Kier alpha value is -1.70. The summed E-state index contributed by atoms with van der Waals surface area (Å²) in [4.78, 5) is 3.74. The van der Waals surface area contributed by atoms with Gasteiger partial charge in [-0.3, -0.25) is 4.72 Å². The van der Waals surface area contributed by atoms with E-state index in [1.807, 2.05) is 0 Å². The lowest BCUT2D eigenvalue weighted by Crippen LogP contribution is -2.15. The van der Waals surface area contributed by atoms with Crippen LogP contribution >= 0.6 is 11.6 Å². The molecule has 0 fully saturated rings. The van der Waals surface area contributed by atoms with Gasteiger partial charge < -0.3 is 5.11 Å². The Kier molecular flexibility index (Phi) is 4.22. The molecule has 8 heteroatoms. The fraction of sp³-hybridized carbons (Fsp3) is 0.0833. The molecular formula is C12H10ClFN2O3S. The molecule has 1 aromatic carbocycles. The van der Waals surface area contributed by atoms with Crippen molar-refractivity contribution in [3.63, 3.8) is 0 Å². The van der Waals surface area contributed by atoms with Gasteiger partial charge in [0.05, 0.1) is 17.3 Å². The number of hydrogen-bond donors (Lipinski definition) is 2. The molecule has 1 heterocycles. The number of anilines is 1. The van der Waals surface area contributed by atoms with Crippen molar-refractivity contribution in [1.82, 2.24) is 4.98 Å². The summed E-state index contributed by atoms with van der Waals surface area (Å²) in [5.74, 6) is -0.566. The summed E-state index contributed by atoms with van der Waals surface area (Å²) in [6.45, 7) is -0.232. The number of halogens is 2. The van der Waals surface area contributed by atoms with Crippen LogP contribution in [0.1, 0.15) is 5.56 Å². The maximum atomic E-state index is 12.9. The smallest absolute Gasteiger partial charge is 0.279 e. The fourth-order valence-electron chi connectivity index (χ4n) is 1.43. The number of sulfonamides is 1. The summed E-state index contributed by atoms with van der Waals surface area (Å²) in [7, 11) is -3.92. The molecule has 0 spiro atoms. The number of aromatic nitrogens is 1. The zero-order valence-corrected chi connectivity index (χ0v) is 11.6. The molecule has 5 nitrogen and oxygen atoms in total. The van der Waals surface area contributed by atoms with Gasteiger partial charge >= 0.3 is 0 Å². The molecule has 0 amide bonds. The van der Waals surface area contributed by atoms with Gasteiger partial charge in [0.2, 0.25) is 0 Å². The van der Waals surface area contributed by atoms with Crippen LogP contribution in [0, 0.1) is 5.82 Å². The van der Waals surface area contributed by atoms with Crippen molar-refractivity contribution in [2.24, 2.45) is 0 Å². The second kappa shape index (κ2) is 5.74. The third kappa shape index (κ3) is 3.24. The lowest BCUT2D eigenvalue weighted by atomic mass is 10.3. The lowest BCUT2D eigenvalue weighted by Gasteiger charge is -2.09. The SMILES string of the molecule is O=S(=O)(Nc1ccc(F)cc1Cl)c1ccc(CO)cn1. The quantitative estimate of drug-likeness (QED) is 0.906. The third-order valence-electron chi connectivity index (χ3n) is 2.43. The Balaban J connectivity index is 2.30. The van der Waals surface area contributed by atoms with E-state index in [0.29, 0.717) is 5.56 Å². The second-order valence-corrected chi connectivity index (χ2v) is 5.93. The van der Waals surface area contributed by atoms with Crippen molar-refractivity contribution in [3.8, 4) is 0 Å². The Bertz CT molecular complexity index is 720. The molecule has 2 aromatic rings. The topological polar surface area (TPSA) is 79.3 Å². The van der Waals surface area contributed by atoms with E-state index in [-0.39, 0.29) is 22.3 Å². The lowest BCUT2D eigenvalue weighted by molar-refractivity contribution is 0.281. The van der Waals surface area contributed by atoms with Gasteiger partial charge in [-0.05, 0) is 29.8 Å². The molecule has 0 aliphatic carbocycles. The number of nitrogens with zero attached hydrogens (tertiary/aromatic N) is 1. The number of hydrogen-bond acceptors (Lipinski definition) is 4. The van der Waals surface area contributed by atoms with E-state index in [4.69, 9.17) is 16.7 Å². The Morgan fingerprint density at radius 2 is 2.05 bits per heavy atom. The van der Waals surface area contributed by atoms with E-state index in [1.165, 1.54) is 24.4 Å². The average Bonchev–Trinajstić information content (AvgIpc) is 2.42. The normalized spacial score (nSPS) is 11.3. The predicted molar refractivity (Wildman–Crippen MR) is 72.4 cm³/mol. The summed E-state index contributed by atoms with van der Waals surface area (Å²) in [5.41, 5.74) is 0.546. The van der Waals surface area contributed by atoms with Crippen molar-refractivity contribution >= 4 is 27.3 Å². The summed E-state index contributed by atoms with van der Waals surface area (Å²) in [6, 6.07) is 6.00. The van der Waals surface area contributed by atoms with Crippen molar-refractivity contribution in [3.05, 3.63) is 52.9 Å². The summed E-state index contributed by atoms with van der Waals surface area (Å²) in [5, 5.41) is 8.59. The summed E-state index contributed by atoms with van der Waals surface area (Å²) in [6.07, 6.45) is 1.25. The standard InChI is InChI=1S/C12H10ClFN2O3S/c13-10-5-9(14)2-3-11(10)16-20(18,19)12-4-1-8(7-17)6-15-12/h1-6,16-17H,7H2. The van der Waals surface area contributed by atoms with E-state index in [2.05, 4.69) is 9.71 Å².